The standard InChI is InChI=1S/C23H31N3O3S/c1-17-3-5-19(6-4-17)7-8-20-13-15-26(16-14-20)18(2)23(27)25-21-9-11-22(12-10-21)30(24,28)29/h3-6,9-12,18,20H,7-8,13-16H2,1-2H3,(H,25,27)(H2,24,28,29)/t18-/m1/s1. The Morgan fingerprint density at radius 3 is 2.27 bits per heavy atom. The molecule has 1 saturated heterocycles. The van der Waals surface area contributed by atoms with E-state index >= 15 is 0 Å². The number of nitrogens with two attached hydrogens (primary N) is 1. The Kier molecular flexibility index (Phi) is 7.28. The van der Waals surface area contributed by atoms with Gasteiger partial charge in [0.2, 0.25) is 15.9 Å². The number of amides is 1. The number of hydrogen-bond acceptors (Lipinski definition) is 4. The van der Waals surface area contributed by atoms with E-state index in [1.165, 1.54) is 29.7 Å². The molecule has 0 unspecified atom stereocenters. The van der Waals surface area contributed by atoms with Crippen LogP contribution in [-0.4, -0.2) is 38.4 Å². The van der Waals surface area contributed by atoms with Gasteiger partial charge in [0, 0.05) is 5.69 Å². The second-order valence-electron chi connectivity index (χ2n) is 8.24. The van der Waals surface area contributed by atoms with E-state index in [-0.39, 0.29) is 16.8 Å². The van der Waals surface area contributed by atoms with Crippen molar-refractivity contribution < 1.29 is 13.2 Å². The van der Waals surface area contributed by atoms with Gasteiger partial charge in [0.25, 0.3) is 0 Å². The van der Waals surface area contributed by atoms with Crippen molar-refractivity contribution in [3.8, 4) is 0 Å². The molecule has 1 aliphatic heterocycles. The molecule has 3 N–H and O–H groups in total. The molecule has 1 heterocycles. The largest absolute Gasteiger partial charge is 0.325 e. The Hall–Kier alpha value is -2.22. The van der Waals surface area contributed by atoms with Crippen LogP contribution in [-0.2, 0) is 21.2 Å². The molecule has 2 aromatic rings. The van der Waals surface area contributed by atoms with Crippen molar-refractivity contribution >= 4 is 21.6 Å². The molecule has 0 aliphatic carbocycles. The topological polar surface area (TPSA) is 92.5 Å². The van der Waals surface area contributed by atoms with Crippen LogP contribution >= 0.6 is 0 Å². The second kappa shape index (κ2) is 9.73. The van der Waals surface area contributed by atoms with Gasteiger partial charge in [0.05, 0.1) is 10.9 Å². The van der Waals surface area contributed by atoms with E-state index in [2.05, 4.69) is 41.4 Å². The van der Waals surface area contributed by atoms with Gasteiger partial charge in [-0.05, 0) is 88.4 Å². The number of carbonyl (C=O) groups is 1. The molecular weight excluding hydrogens is 398 g/mol. The number of rotatable bonds is 7. The highest BCUT2D eigenvalue weighted by molar-refractivity contribution is 7.89. The van der Waals surface area contributed by atoms with Crippen LogP contribution in [0.3, 0.4) is 0 Å². The lowest BCUT2D eigenvalue weighted by Gasteiger charge is -2.35. The van der Waals surface area contributed by atoms with Gasteiger partial charge in [-0.2, -0.15) is 0 Å². The number of nitrogens with zero attached hydrogens (tertiary/aromatic N) is 1. The van der Waals surface area contributed by atoms with E-state index in [0.29, 0.717) is 11.6 Å². The van der Waals surface area contributed by atoms with E-state index < -0.39 is 10.0 Å². The first kappa shape index (κ1) is 22.5. The van der Waals surface area contributed by atoms with E-state index in [4.69, 9.17) is 5.14 Å². The number of piperidine rings is 1. The average Bonchev–Trinajstić information content (AvgIpc) is 2.73. The minimum Gasteiger partial charge on any atom is -0.325 e. The molecule has 1 amide bonds. The minimum atomic E-state index is -3.73. The lowest BCUT2D eigenvalue weighted by atomic mass is 9.90. The zero-order valence-corrected chi connectivity index (χ0v) is 18.5. The van der Waals surface area contributed by atoms with Gasteiger partial charge in [-0.3, -0.25) is 9.69 Å². The number of primary sulfonamides is 1. The Bertz CT molecular complexity index is 948. The van der Waals surface area contributed by atoms with Crippen LogP contribution in [0.25, 0.3) is 0 Å². The Labute approximate surface area is 179 Å². The quantitative estimate of drug-likeness (QED) is 0.706. The van der Waals surface area contributed by atoms with Crippen molar-refractivity contribution in [2.24, 2.45) is 11.1 Å². The van der Waals surface area contributed by atoms with Crippen molar-refractivity contribution in [1.29, 1.82) is 0 Å². The van der Waals surface area contributed by atoms with Crippen LogP contribution in [0.5, 0.6) is 0 Å². The monoisotopic (exact) mass is 429 g/mol. The van der Waals surface area contributed by atoms with Gasteiger partial charge in [-0.25, -0.2) is 13.6 Å². The van der Waals surface area contributed by atoms with Crippen molar-refractivity contribution in [3.05, 3.63) is 59.7 Å². The molecule has 0 bridgehead atoms. The summed E-state index contributed by atoms with van der Waals surface area (Å²) in [6.07, 6.45) is 4.50. The molecule has 1 atom stereocenters. The molecule has 7 heteroatoms. The maximum Gasteiger partial charge on any atom is 0.241 e. The molecule has 3 rings (SSSR count). The normalized spacial score (nSPS) is 16.9. The first-order valence-corrected chi connectivity index (χ1v) is 12.0. The first-order valence-electron chi connectivity index (χ1n) is 10.5. The summed E-state index contributed by atoms with van der Waals surface area (Å²) >= 11 is 0. The lowest BCUT2D eigenvalue weighted by Crippen LogP contribution is -2.46. The highest BCUT2D eigenvalue weighted by Crippen LogP contribution is 2.24. The van der Waals surface area contributed by atoms with E-state index in [0.717, 1.165) is 32.4 Å². The van der Waals surface area contributed by atoms with Crippen LogP contribution in [0.1, 0.15) is 37.3 Å². The summed E-state index contributed by atoms with van der Waals surface area (Å²) in [6, 6.07) is 14.4. The second-order valence-corrected chi connectivity index (χ2v) is 9.80. The van der Waals surface area contributed by atoms with Crippen LogP contribution in [0.2, 0.25) is 0 Å². The predicted octanol–water partition coefficient (Wildman–Crippen LogP) is 3.31. The summed E-state index contributed by atoms with van der Waals surface area (Å²) < 4.78 is 22.7. The fourth-order valence-corrected chi connectivity index (χ4v) is 4.41. The van der Waals surface area contributed by atoms with Crippen molar-refractivity contribution in [1.82, 2.24) is 4.90 Å². The van der Waals surface area contributed by atoms with Crippen LogP contribution < -0.4 is 10.5 Å². The third-order valence-corrected chi connectivity index (χ3v) is 6.92. The lowest BCUT2D eigenvalue weighted by molar-refractivity contribution is -0.121. The summed E-state index contributed by atoms with van der Waals surface area (Å²) in [5.74, 6) is 0.611. The average molecular weight is 430 g/mol. The number of nitrogens with one attached hydrogen (secondary N) is 1. The molecular formula is C23H31N3O3S. The maximum absolute atomic E-state index is 12.6. The molecule has 0 aromatic heterocycles. The smallest absolute Gasteiger partial charge is 0.241 e. The fraction of sp³-hybridized carbons (Fsp3) is 0.435. The van der Waals surface area contributed by atoms with Gasteiger partial charge in [-0.1, -0.05) is 29.8 Å². The molecule has 2 aromatic carbocycles. The van der Waals surface area contributed by atoms with Gasteiger partial charge in [-0.15, -0.1) is 0 Å². The zero-order chi connectivity index (χ0) is 21.7. The first-order chi connectivity index (χ1) is 14.2. The van der Waals surface area contributed by atoms with Gasteiger partial charge < -0.3 is 5.32 Å². The molecule has 0 spiro atoms. The summed E-state index contributed by atoms with van der Waals surface area (Å²) in [5, 5.41) is 7.97. The van der Waals surface area contributed by atoms with E-state index in [1.807, 2.05) is 6.92 Å². The van der Waals surface area contributed by atoms with Crippen molar-refractivity contribution in [2.75, 3.05) is 18.4 Å². The van der Waals surface area contributed by atoms with Crippen molar-refractivity contribution in [2.45, 2.75) is 50.5 Å². The number of benzene rings is 2. The third-order valence-electron chi connectivity index (χ3n) is 5.99. The van der Waals surface area contributed by atoms with Gasteiger partial charge in [0.15, 0.2) is 0 Å². The Balaban J connectivity index is 1.45. The Morgan fingerprint density at radius 2 is 1.70 bits per heavy atom. The highest BCUT2D eigenvalue weighted by atomic mass is 32.2. The Morgan fingerprint density at radius 1 is 1.10 bits per heavy atom. The summed E-state index contributed by atoms with van der Waals surface area (Å²) in [5.41, 5.74) is 3.25. The van der Waals surface area contributed by atoms with E-state index in [1.54, 1.807) is 12.1 Å². The SMILES string of the molecule is Cc1ccc(CCC2CCN([C@H](C)C(=O)Nc3ccc(S(N)(=O)=O)cc3)CC2)cc1. The van der Waals surface area contributed by atoms with Crippen molar-refractivity contribution in [3.63, 3.8) is 0 Å². The molecule has 6 nitrogen and oxygen atoms in total. The predicted molar refractivity (Wildman–Crippen MR) is 120 cm³/mol. The third kappa shape index (κ3) is 6.14. The summed E-state index contributed by atoms with van der Waals surface area (Å²) in [6.45, 7) is 5.85. The number of likely N-dealkylation sites (tertiary alicyclic amines) is 1. The molecule has 162 valence electrons. The van der Waals surface area contributed by atoms with Crippen LogP contribution in [0, 0.1) is 12.8 Å². The van der Waals surface area contributed by atoms with Crippen LogP contribution in [0.15, 0.2) is 53.4 Å². The number of carbonyl (C=O) groups excluding carboxylic acids is 1. The maximum atomic E-state index is 12.6. The number of aryl methyl sites for hydroxylation is 2. The fourth-order valence-electron chi connectivity index (χ4n) is 3.89. The minimum absolute atomic E-state index is 0.0289. The number of hydrogen-bond donors (Lipinski definition) is 2. The van der Waals surface area contributed by atoms with Gasteiger partial charge >= 0.3 is 0 Å². The van der Waals surface area contributed by atoms with Crippen LogP contribution in [0.4, 0.5) is 5.69 Å². The van der Waals surface area contributed by atoms with Gasteiger partial charge in [0.1, 0.15) is 0 Å². The molecule has 0 saturated carbocycles. The molecule has 30 heavy (non-hydrogen) atoms. The molecule has 1 fully saturated rings. The van der Waals surface area contributed by atoms with E-state index in [9.17, 15) is 13.2 Å². The summed E-state index contributed by atoms with van der Waals surface area (Å²) in [4.78, 5) is 14.9. The summed E-state index contributed by atoms with van der Waals surface area (Å²) in [7, 11) is -3.73. The molecule has 0 radical (unpaired) electrons. The number of sulfonamides is 1. The zero-order valence-electron chi connectivity index (χ0n) is 17.7. The highest BCUT2D eigenvalue weighted by Gasteiger charge is 2.26. The molecule has 1 aliphatic rings. The number of anilines is 1.